The van der Waals surface area contributed by atoms with Crippen molar-refractivity contribution in [2.75, 3.05) is 0 Å². The van der Waals surface area contributed by atoms with Crippen molar-refractivity contribution in [3.8, 4) is 9.88 Å². The molecule has 0 aliphatic heterocycles. The molecule has 0 aromatic carbocycles. The molecule has 3 rings (SSSR count). The molecule has 0 aliphatic carbocycles. The van der Waals surface area contributed by atoms with E-state index in [9.17, 15) is 4.79 Å². The van der Waals surface area contributed by atoms with E-state index in [-0.39, 0.29) is 12.0 Å². The fraction of sp³-hybridized carbons (Fsp3) is 0.333. The summed E-state index contributed by atoms with van der Waals surface area (Å²) in [5.74, 6) is 0.706. The Morgan fingerprint density at radius 2 is 2.20 bits per heavy atom. The van der Waals surface area contributed by atoms with Crippen LogP contribution < -0.4 is 5.32 Å². The Hall–Kier alpha value is -1.96. The molecule has 3 heterocycles. The summed E-state index contributed by atoms with van der Waals surface area (Å²) >= 11 is 3.27. The molecule has 0 saturated heterocycles. The van der Waals surface area contributed by atoms with Crippen molar-refractivity contribution in [2.45, 2.75) is 40.0 Å². The lowest BCUT2D eigenvalue weighted by Crippen LogP contribution is -2.22. The highest BCUT2D eigenvalue weighted by atomic mass is 32.1. The molecule has 0 spiro atoms. The van der Waals surface area contributed by atoms with Crippen molar-refractivity contribution >= 4 is 28.6 Å². The third-order valence-electron chi connectivity index (χ3n) is 3.48. The van der Waals surface area contributed by atoms with Crippen LogP contribution >= 0.6 is 22.7 Å². The van der Waals surface area contributed by atoms with Gasteiger partial charge in [-0.25, -0.2) is 4.98 Å². The molecule has 132 valence electrons. The minimum atomic E-state index is -0.235. The summed E-state index contributed by atoms with van der Waals surface area (Å²) in [5, 5.41) is 5.91. The highest BCUT2D eigenvalue weighted by molar-refractivity contribution is 7.21. The summed E-state index contributed by atoms with van der Waals surface area (Å²) in [5.41, 5.74) is 0.944. The molecule has 7 heteroatoms. The lowest BCUT2D eigenvalue weighted by Gasteiger charge is -2.04. The SMILES string of the molecule is Cc1nc(-c2cccs2)sc1CNC(=O)c1ccc(COC(C)C)o1. The molecule has 1 amide bonds. The van der Waals surface area contributed by atoms with Crippen molar-refractivity contribution in [1.82, 2.24) is 10.3 Å². The van der Waals surface area contributed by atoms with E-state index >= 15 is 0 Å². The first kappa shape index (κ1) is 17.8. The Kier molecular flexibility index (Phi) is 5.67. The van der Waals surface area contributed by atoms with Gasteiger partial charge >= 0.3 is 0 Å². The number of carbonyl (C=O) groups excluding carboxylic acids is 1. The van der Waals surface area contributed by atoms with Gasteiger partial charge in [0.25, 0.3) is 5.91 Å². The number of ether oxygens (including phenoxy) is 1. The van der Waals surface area contributed by atoms with Gasteiger partial charge in [-0.15, -0.1) is 22.7 Å². The van der Waals surface area contributed by atoms with E-state index in [4.69, 9.17) is 9.15 Å². The van der Waals surface area contributed by atoms with Crippen molar-refractivity contribution in [3.63, 3.8) is 0 Å². The number of aromatic nitrogens is 1. The lowest BCUT2D eigenvalue weighted by atomic mass is 10.3. The summed E-state index contributed by atoms with van der Waals surface area (Å²) < 4.78 is 11.0. The summed E-state index contributed by atoms with van der Waals surface area (Å²) in [6, 6.07) is 7.50. The number of rotatable bonds is 7. The standard InChI is InChI=1S/C18H20N2O3S2/c1-11(2)22-10-13-6-7-14(23-13)17(21)19-9-16-12(3)20-18(25-16)15-5-4-8-24-15/h4-8,11H,9-10H2,1-3H3,(H,19,21). The largest absolute Gasteiger partial charge is 0.453 e. The number of nitrogens with zero attached hydrogens (tertiary/aromatic N) is 1. The second-order valence-electron chi connectivity index (χ2n) is 5.81. The fourth-order valence-electron chi connectivity index (χ4n) is 2.17. The van der Waals surface area contributed by atoms with E-state index in [1.54, 1.807) is 34.8 Å². The van der Waals surface area contributed by atoms with Crippen LogP contribution in [0, 0.1) is 6.92 Å². The third-order valence-corrected chi connectivity index (χ3v) is 5.67. The number of furan rings is 1. The van der Waals surface area contributed by atoms with Gasteiger partial charge in [0, 0.05) is 4.88 Å². The van der Waals surface area contributed by atoms with Gasteiger partial charge in [0.1, 0.15) is 17.4 Å². The minimum Gasteiger partial charge on any atom is -0.453 e. The van der Waals surface area contributed by atoms with E-state index in [0.717, 1.165) is 20.5 Å². The van der Waals surface area contributed by atoms with Crippen LogP contribution in [-0.4, -0.2) is 17.0 Å². The molecule has 0 saturated carbocycles. The molecule has 0 fully saturated rings. The summed E-state index contributed by atoms with van der Waals surface area (Å²) in [6.07, 6.45) is 0.120. The number of hydrogen-bond acceptors (Lipinski definition) is 6. The van der Waals surface area contributed by atoms with Crippen molar-refractivity contribution in [3.05, 3.63) is 51.7 Å². The maximum Gasteiger partial charge on any atom is 0.287 e. The van der Waals surface area contributed by atoms with Crippen LogP contribution in [-0.2, 0) is 17.9 Å². The van der Waals surface area contributed by atoms with Gasteiger partial charge in [-0.1, -0.05) is 6.07 Å². The van der Waals surface area contributed by atoms with E-state index in [0.29, 0.717) is 24.7 Å². The van der Waals surface area contributed by atoms with Crippen LogP contribution in [0.15, 0.2) is 34.1 Å². The average Bonchev–Trinajstić information content (AvgIpc) is 3.31. The molecule has 1 N–H and O–H groups in total. The van der Waals surface area contributed by atoms with Gasteiger partial charge in [0.05, 0.1) is 23.2 Å². The molecule has 3 aromatic heterocycles. The normalized spacial score (nSPS) is 11.2. The van der Waals surface area contributed by atoms with E-state index in [1.165, 1.54) is 0 Å². The molecule has 25 heavy (non-hydrogen) atoms. The number of nitrogens with one attached hydrogen (secondary N) is 1. The van der Waals surface area contributed by atoms with Crippen LogP contribution in [0.25, 0.3) is 9.88 Å². The number of thiazole rings is 1. The van der Waals surface area contributed by atoms with Gasteiger partial charge in [0.2, 0.25) is 0 Å². The molecule has 0 unspecified atom stereocenters. The summed E-state index contributed by atoms with van der Waals surface area (Å²) in [7, 11) is 0. The van der Waals surface area contributed by atoms with Crippen LogP contribution in [0.4, 0.5) is 0 Å². The van der Waals surface area contributed by atoms with Crippen molar-refractivity contribution in [1.29, 1.82) is 0 Å². The predicted octanol–water partition coefficient (Wildman–Crippen LogP) is 4.63. The molecule has 0 bridgehead atoms. The zero-order valence-electron chi connectivity index (χ0n) is 14.4. The van der Waals surface area contributed by atoms with Gasteiger partial charge in [-0.3, -0.25) is 4.79 Å². The number of aryl methyl sites for hydroxylation is 1. The quantitative estimate of drug-likeness (QED) is 0.653. The second-order valence-corrected chi connectivity index (χ2v) is 7.84. The summed E-state index contributed by atoms with van der Waals surface area (Å²) in [4.78, 5) is 19.0. The number of thiophene rings is 1. The fourth-order valence-corrected chi connectivity index (χ4v) is 3.97. The number of hydrogen-bond donors (Lipinski definition) is 1. The number of amides is 1. The van der Waals surface area contributed by atoms with E-state index in [1.807, 2.05) is 32.2 Å². The monoisotopic (exact) mass is 376 g/mol. The van der Waals surface area contributed by atoms with E-state index < -0.39 is 0 Å². The molecule has 0 atom stereocenters. The predicted molar refractivity (Wildman–Crippen MR) is 100.0 cm³/mol. The average molecular weight is 377 g/mol. The Bertz CT molecular complexity index is 835. The lowest BCUT2D eigenvalue weighted by molar-refractivity contribution is 0.0535. The Labute approximate surface area is 154 Å². The Morgan fingerprint density at radius 3 is 2.92 bits per heavy atom. The molecule has 5 nitrogen and oxygen atoms in total. The van der Waals surface area contributed by atoms with Gasteiger partial charge < -0.3 is 14.5 Å². The van der Waals surface area contributed by atoms with Crippen LogP contribution in [0.3, 0.4) is 0 Å². The maximum absolute atomic E-state index is 12.3. The molecule has 0 aliphatic rings. The topological polar surface area (TPSA) is 64.4 Å². The molecular weight excluding hydrogens is 356 g/mol. The van der Waals surface area contributed by atoms with Gasteiger partial charge in [-0.05, 0) is 44.4 Å². The highest BCUT2D eigenvalue weighted by Gasteiger charge is 2.14. The maximum atomic E-state index is 12.3. The first-order chi connectivity index (χ1) is 12.0. The van der Waals surface area contributed by atoms with Crippen molar-refractivity contribution in [2.24, 2.45) is 0 Å². The molecule has 0 radical (unpaired) electrons. The van der Waals surface area contributed by atoms with Crippen LogP contribution in [0.2, 0.25) is 0 Å². The van der Waals surface area contributed by atoms with Gasteiger partial charge in [-0.2, -0.15) is 0 Å². The second kappa shape index (κ2) is 7.95. The summed E-state index contributed by atoms with van der Waals surface area (Å²) in [6.45, 7) is 6.68. The van der Waals surface area contributed by atoms with Crippen LogP contribution in [0.1, 0.15) is 40.7 Å². The van der Waals surface area contributed by atoms with E-state index in [2.05, 4.69) is 16.4 Å². The smallest absolute Gasteiger partial charge is 0.287 e. The molecular formula is C18H20N2O3S2. The third kappa shape index (κ3) is 4.56. The van der Waals surface area contributed by atoms with Crippen molar-refractivity contribution < 1.29 is 13.9 Å². The zero-order chi connectivity index (χ0) is 17.8. The highest BCUT2D eigenvalue weighted by Crippen LogP contribution is 2.31. The molecule has 3 aromatic rings. The number of carbonyl (C=O) groups is 1. The zero-order valence-corrected chi connectivity index (χ0v) is 16.0. The first-order valence-corrected chi connectivity index (χ1v) is 9.71. The van der Waals surface area contributed by atoms with Crippen LogP contribution in [0.5, 0.6) is 0 Å². The first-order valence-electron chi connectivity index (χ1n) is 8.01. The Morgan fingerprint density at radius 1 is 1.36 bits per heavy atom. The van der Waals surface area contributed by atoms with Gasteiger partial charge in [0.15, 0.2) is 5.76 Å². The minimum absolute atomic E-state index is 0.120. The Balaban J connectivity index is 1.59.